The molecule has 2 N–H and O–H groups in total. The van der Waals surface area contributed by atoms with Crippen LogP contribution in [0.1, 0.15) is 39.2 Å². The van der Waals surface area contributed by atoms with Crippen LogP contribution >= 0.6 is 0 Å². The van der Waals surface area contributed by atoms with Crippen LogP contribution in [0.15, 0.2) is 66.8 Å². The number of rotatable bonds is 7. The summed E-state index contributed by atoms with van der Waals surface area (Å²) in [6.45, 7) is 13.9. The van der Waals surface area contributed by atoms with Crippen molar-refractivity contribution in [1.82, 2.24) is 4.90 Å². The average molecular weight is 341 g/mol. The van der Waals surface area contributed by atoms with E-state index in [9.17, 15) is 0 Å². The van der Waals surface area contributed by atoms with Gasteiger partial charge >= 0.3 is 0 Å². The lowest BCUT2D eigenvalue weighted by Crippen LogP contribution is -2.45. The second kappa shape index (κ2) is 11.8. The van der Waals surface area contributed by atoms with Crippen molar-refractivity contribution in [3.8, 4) is 0 Å². The van der Waals surface area contributed by atoms with Gasteiger partial charge in [-0.05, 0) is 62.4 Å². The highest BCUT2D eigenvalue weighted by Crippen LogP contribution is 2.34. The Morgan fingerprint density at radius 1 is 1.20 bits per heavy atom. The van der Waals surface area contributed by atoms with Gasteiger partial charge in [0.1, 0.15) is 0 Å². The molecular weight excluding hydrogens is 304 g/mol. The van der Waals surface area contributed by atoms with E-state index in [1.54, 1.807) is 0 Å². The maximum absolute atomic E-state index is 6.17. The molecule has 1 fully saturated rings. The number of allylic oxidation sites excluding steroid dienone is 3. The number of piperidine rings is 1. The zero-order chi connectivity index (χ0) is 18.5. The first-order valence-electron chi connectivity index (χ1n) is 9.62. The van der Waals surface area contributed by atoms with E-state index in [4.69, 9.17) is 5.73 Å². The molecule has 0 unspecified atom stereocenters. The van der Waals surface area contributed by atoms with E-state index in [0.29, 0.717) is 0 Å². The first-order valence-corrected chi connectivity index (χ1v) is 9.62. The van der Waals surface area contributed by atoms with Crippen LogP contribution in [0.4, 0.5) is 0 Å². The minimum absolute atomic E-state index is 0.269. The predicted octanol–water partition coefficient (Wildman–Crippen LogP) is 4.98. The molecule has 1 aromatic rings. The summed E-state index contributed by atoms with van der Waals surface area (Å²) in [5.41, 5.74) is 9.21. The SMILES string of the molecule is C=C/C=C\C(=C/C)CN1CCC(CN)(Cc2ccccc2)CC1.CC. The van der Waals surface area contributed by atoms with E-state index in [-0.39, 0.29) is 5.41 Å². The van der Waals surface area contributed by atoms with Crippen molar-refractivity contribution in [2.45, 2.75) is 40.0 Å². The van der Waals surface area contributed by atoms with Crippen LogP contribution in [0.3, 0.4) is 0 Å². The zero-order valence-electron chi connectivity index (χ0n) is 16.4. The van der Waals surface area contributed by atoms with E-state index < -0.39 is 0 Å². The topological polar surface area (TPSA) is 29.3 Å². The van der Waals surface area contributed by atoms with Crippen LogP contribution in [0, 0.1) is 5.41 Å². The van der Waals surface area contributed by atoms with Gasteiger partial charge in [-0.3, -0.25) is 4.90 Å². The second-order valence-corrected chi connectivity index (χ2v) is 6.60. The molecular formula is C23H36N2. The van der Waals surface area contributed by atoms with Crippen LogP contribution < -0.4 is 5.73 Å². The third-order valence-electron chi connectivity index (χ3n) is 5.00. The first kappa shape index (κ1) is 21.4. The Labute approximate surface area is 155 Å². The molecule has 138 valence electrons. The normalized spacial score (nSPS) is 17.8. The Kier molecular flexibility index (Phi) is 10.1. The molecule has 0 atom stereocenters. The van der Waals surface area contributed by atoms with Gasteiger partial charge in [0.25, 0.3) is 0 Å². The van der Waals surface area contributed by atoms with Gasteiger partial charge in [0.2, 0.25) is 0 Å². The summed E-state index contributed by atoms with van der Waals surface area (Å²) in [7, 11) is 0. The molecule has 0 saturated carbocycles. The highest BCUT2D eigenvalue weighted by atomic mass is 15.1. The second-order valence-electron chi connectivity index (χ2n) is 6.60. The quantitative estimate of drug-likeness (QED) is 0.709. The molecule has 0 aliphatic carbocycles. The minimum Gasteiger partial charge on any atom is -0.330 e. The highest BCUT2D eigenvalue weighted by molar-refractivity contribution is 5.23. The lowest BCUT2D eigenvalue weighted by molar-refractivity contribution is 0.117. The van der Waals surface area contributed by atoms with E-state index in [1.165, 1.54) is 24.0 Å². The molecule has 1 saturated heterocycles. The van der Waals surface area contributed by atoms with Gasteiger partial charge in [0.15, 0.2) is 0 Å². The van der Waals surface area contributed by atoms with Crippen molar-refractivity contribution in [2.24, 2.45) is 11.1 Å². The van der Waals surface area contributed by atoms with Gasteiger partial charge in [-0.2, -0.15) is 0 Å². The Bertz CT molecular complexity index is 534. The molecule has 0 bridgehead atoms. The standard InChI is InChI=1S/C21H30N2.C2H6/c1-3-5-9-19(4-2)17-23-14-12-21(18-22,13-15-23)16-20-10-7-6-8-11-20;1-2/h3-11H,1,12-18,22H2,2H3;1-2H3/b9-5-,19-4+;. The number of hydrogen-bond donors (Lipinski definition) is 1. The predicted molar refractivity (Wildman–Crippen MR) is 112 cm³/mol. The molecule has 0 radical (unpaired) electrons. The summed E-state index contributed by atoms with van der Waals surface area (Å²) in [4.78, 5) is 2.54. The molecule has 1 aliphatic heterocycles. The Morgan fingerprint density at radius 2 is 1.84 bits per heavy atom. The third-order valence-corrected chi connectivity index (χ3v) is 5.00. The number of nitrogens with two attached hydrogens (primary N) is 1. The molecule has 1 heterocycles. The fraction of sp³-hybridized carbons (Fsp3) is 0.478. The van der Waals surface area contributed by atoms with Crippen LogP contribution in [0.25, 0.3) is 0 Å². The molecule has 0 spiro atoms. The average Bonchev–Trinajstić information content (AvgIpc) is 2.69. The van der Waals surface area contributed by atoms with Crippen LogP contribution in [-0.2, 0) is 6.42 Å². The van der Waals surface area contributed by atoms with Crippen molar-refractivity contribution in [3.63, 3.8) is 0 Å². The minimum atomic E-state index is 0.269. The van der Waals surface area contributed by atoms with Crippen molar-refractivity contribution < 1.29 is 0 Å². The van der Waals surface area contributed by atoms with Gasteiger partial charge in [0, 0.05) is 6.54 Å². The summed E-state index contributed by atoms with van der Waals surface area (Å²) >= 11 is 0. The molecule has 2 rings (SSSR count). The summed E-state index contributed by atoms with van der Waals surface area (Å²) < 4.78 is 0. The summed E-state index contributed by atoms with van der Waals surface area (Å²) in [6, 6.07) is 10.8. The van der Waals surface area contributed by atoms with Gasteiger partial charge in [-0.1, -0.05) is 75.1 Å². The van der Waals surface area contributed by atoms with Crippen molar-refractivity contribution >= 4 is 0 Å². The molecule has 1 aromatic carbocycles. The summed E-state index contributed by atoms with van der Waals surface area (Å²) in [5.74, 6) is 0. The van der Waals surface area contributed by atoms with E-state index in [1.807, 2.05) is 26.0 Å². The van der Waals surface area contributed by atoms with Crippen LogP contribution in [0.5, 0.6) is 0 Å². The highest BCUT2D eigenvalue weighted by Gasteiger charge is 2.33. The molecule has 0 amide bonds. The maximum atomic E-state index is 6.17. The Hall–Kier alpha value is -1.64. The lowest BCUT2D eigenvalue weighted by atomic mass is 9.74. The zero-order valence-corrected chi connectivity index (χ0v) is 16.4. The fourth-order valence-electron chi connectivity index (χ4n) is 3.36. The van der Waals surface area contributed by atoms with Gasteiger partial charge in [-0.15, -0.1) is 0 Å². The fourth-order valence-corrected chi connectivity index (χ4v) is 3.36. The molecule has 2 heteroatoms. The van der Waals surface area contributed by atoms with Crippen molar-refractivity contribution in [3.05, 3.63) is 72.4 Å². The van der Waals surface area contributed by atoms with Gasteiger partial charge < -0.3 is 5.73 Å². The molecule has 25 heavy (non-hydrogen) atoms. The number of nitrogens with zero attached hydrogens (tertiary/aromatic N) is 1. The third kappa shape index (κ3) is 7.01. The van der Waals surface area contributed by atoms with Gasteiger partial charge in [0.05, 0.1) is 0 Å². The Balaban J connectivity index is 0.00000151. The largest absolute Gasteiger partial charge is 0.330 e. The molecule has 2 nitrogen and oxygen atoms in total. The summed E-state index contributed by atoms with van der Waals surface area (Å²) in [5, 5.41) is 0. The van der Waals surface area contributed by atoms with Crippen LogP contribution in [0.2, 0.25) is 0 Å². The molecule has 1 aliphatic rings. The lowest BCUT2D eigenvalue weighted by Gasteiger charge is -2.41. The van der Waals surface area contributed by atoms with E-state index in [2.05, 4.69) is 60.9 Å². The van der Waals surface area contributed by atoms with Crippen molar-refractivity contribution in [2.75, 3.05) is 26.2 Å². The number of likely N-dealkylation sites (tertiary alicyclic amines) is 1. The van der Waals surface area contributed by atoms with E-state index in [0.717, 1.165) is 32.6 Å². The van der Waals surface area contributed by atoms with Gasteiger partial charge in [-0.25, -0.2) is 0 Å². The summed E-state index contributed by atoms with van der Waals surface area (Å²) in [6.07, 6.45) is 11.7. The number of hydrogen-bond acceptors (Lipinski definition) is 2. The maximum Gasteiger partial charge on any atom is 0.0230 e. The monoisotopic (exact) mass is 340 g/mol. The van der Waals surface area contributed by atoms with E-state index >= 15 is 0 Å². The number of benzene rings is 1. The van der Waals surface area contributed by atoms with Crippen LogP contribution in [-0.4, -0.2) is 31.1 Å². The van der Waals surface area contributed by atoms with Crippen molar-refractivity contribution in [1.29, 1.82) is 0 Å². The Morgan fingerprint density at radius 3 is 2.36 bits per heavy atom. The smallest absolute Gasteiger partial charge is 0.0230 e. The molecule has 0 aromatic heterocycles. The first-order chi connectivity index (χ1) is 12.2.